The second-order valence-electron chi connectivity index (χ2n) is 15.9. The van der Waals surface area contributed by atoms with Crippen LogP contribution in [0.1, 0.15) is 80.4 Å². The van der Waals surface area contributed by atoms with Crippen molar-refractivity contribution in [3.05, 3.63) is 179 Å². The average Bonchev–Trinajstić information content (AvgIpc) is 3.41. The van der Waals surface area contributed by atoms with E-state index < -0.39 is 47.5 Å². The number of carbonyl (C=O) groups is 1. The van der Waals surface area contributed by atoms with Crippen molar-refractivity contribution in [2.75, 3.05) is 16.8 Å². The molecule has 5 aromatic rings. The Morgan fingerprint density at radius 3 is 1.51 bits per heavy atom. The number of anilines is 3. The molecule has 21 heteroatoms. The Morgan fingerprint density at radius 1 is 0.557 bits per heavy atom. The minimum Gasteiger partial charge on any atom is -0.746 e. The van der Waals surface area contributed by atoms with Gasteiger partial charge in [-0.05, 0) is 82.2 Å². The van der Waals surface area contributed by atoms with Gasteiger partial charge in [0, 0.05) is 18.7 Å². The van der Waals surface area contributed by atoms with E-state index in [1.807, 2.05) is 6.92 Å². The smallest absolute Gasteiger partial charge is 0.746 e. The standard InChI is InChI=1S/C49H55N2O13P3.3Na/c1-36(2)17-14-18-37(3)19-15-20-38(4)29-30-51-44-31-42(62-65(53,54)59-33-39-21-8-5-9-22-39)32-46(64-67(57,58)61-35-41-25-12-7-13-26-41)48(44)50-47-43(49(51)52)27-16-28-45(47)63-66(55,56)60-34-40-23-10-6-11-24-40;;;/h5-13,16-17,19,21-29,31-32,50H,14-15,18,20,30,33-35H2,1-4H3,(H,53,54)(H,55,56)(H,57,58);;;/q;3*+1/p-3/b37-19+,38-29+;;;. The number of nitrogens with one attached hydrogen (secondary N) is 1. The van der Waals surface area contributed by atoms with Crippen molar-refractivity contribution in [2.45, 2.75) is 73.2 Å². The fourth-order valence-electron chi connectivity index (χ4n) is 6.73. The number of phosphoric ester groups is 3. The van der Waals surface area contributed by atoms with Crippen molar-refractivity contribution in [1.29, 1.82) is 0 Å². The molecule has 0 bridgehead atoms. The fraction of sp³-hybridized carbons (Fsp3) is 0.245. The van der Waals surface area contributed by atoms with Gasteiger partial charge in [-0.15, -0.1) is 0 Å². The zero-order valence-corrected chi connectivity index (χ0v) is 49.2. The summed E-state index contributed by atoms with van der Waals surface area (Å²) >= 11 is 0. The minimum absolute atomic E-state index is 0. The van der Waals surface area contributed by atoms with Crippen molar-refractivity contribution in [3.63, 3.8) is 0 Å². The molecule has 0 aromatic heterocycles. The SMILES string of the molecule is CC(C)=CCC/C(C)=C/CC/C(C)=C/CN1C(=O)c2cccc(OP(=O)([O-])OCc3ccccc3)c2Nc2c(OP(=O)([O-])OCc3ccccc3)cc(OP(=O)([O-])OCc3ccccc3)cc21.[Na+].[Na+].[Na+]. The second kappa shape index (κ2) is 29.4. The predicted octanol–water partition coefficient (Wildman–Crippen LogP) is 2.01. The van der Waals surface area contributed by atoms with Crippen LogP contribution in [0.4, 0.5) is 17.1 Å². The van der Waals surface area contributed by atoms with Crippen LogP contribution >= 0.6 is 23.5 Å². The molecule has 354 valence electrons. The summed E-state index contributed by atoms with van der Waals surface area (Å²) in [6, 6.07) is 31.7. The summed E-state index contributed by atoms with van der Waals surface area (Å²) in [7, 11) is -15.7. The molecule has 0 saturated carbocycles. The third-order valence-electron chi connectivity index (χ3n) is 10.2. The third kappa shape index (κ3) is 19.7. The molecule has 70 heavy (non-hydrogen) atoms. The first-order chi connectivity index (χ1) is 32.0. The molecule has 5 aromatic carbocycles. The molecular formula is C49H52N2Na3O13P3. The molecule has 1 amide bonds. The fourth-order valence-corrected chi connectivity index (χ4v) is 8.95. The Hall–Kier alpha value is -2.56. The molecule has 0 radical (unpaired) electrons. The summed E-state index contributed by atoms with van der Waals surface area (Å²) in [4.78, 5) is 56.4. The maximum atomic E-state index is 14.8. The van der Waals surface area contributed by atoms with Crippen molar-refractivity contribution in [1.82, 2.24) is 0 Å². The number of amides is 1. The van der Waals surface area contributed by atoms with Gasteiger partial charge in [-0.2, -0.15) is 0 Å². The Balaban J connectivity index is 0.00000432. The number of hydrogen-bond acceptors (Lipinski definition) is 14. The Morgan fingerprint density at radius 2 is 1.01 bits per heavy atom. The van der Waals surface area contributed by atoms with E-state index in [0.29, 0.717) is 23.1 Å². The largest absolute Gasteiger partial charge is 1.00 e. The van der Waals surface area contributed by atoms with Crippen LogP contribution < -0.4 is 127 Å². The summed E-state index contributed by atoms with van der Waals surface area (Å²) in [5.74, 6) is -2.16. The monoisotopic (exact) mass is 1040 g/mol. The summed E-state index contributed by atoms with van der Waals surface area (Å²) in [6.45, 7) is 6.82. The molecule has 0 saturated heterocycles. The quantitative estimate of drug-likeness (QED) is 0.0565. The maximum Gasteiger partial charge on any atom is 1.00 e. The van der Waals surface area contributed by atoms with Gasteiger partial charge in [-0.3, -0.25) is 18.5 Å². The molecule has 0 fully saturated rings. The van der Waals surface area contributed by atoms with Gasteiger partial charge in [0.15, 0.2) is 11.5 Å². The van der Waals surface area contributed by atoms with E-state index in [9.17, 15) is 33.2 Å². The van der Waals surface area contributed by atoms with Gasteiger partial charge < -0.3 is 52.0 Å². The zero-order chi connectivity index (χ0) is 48.0. The molecular weight excluding hydrogens is 986 g/mol. The van der Waals surface area contributed by atoms with Gasteiger partial charge in [0.05, 0.1) is 36.8 Å². The van der Waals surface area contributed by atoms with Crippen LogP contribution in [-0.4, -0.2) is 12.5 Å². The van der Waals surface area contributed by atoms with Crippen LogP contribution in [0, 0.1) is 0 Å². The summed E-state index contributed by atoms with van der Waals surface area (Å²) in [5.41, 5.74) is 4.34. The number of rotatable bonds is 23. The first kappa shape index (κ1) is 61.7. The maximum absolute atomic E-state index is 14.8. The van der Waals surface area contributed by atoms with E-state index in [0.717, 1.165) is 30.9 Å². The first-order valence-corrected chi connectivity index (χ1v) is 25.8. The molecule has 1 heterocycles. The Labute approximate surface area is 476 Å². The molecule has 1 aliphatic rings. The molecule has 3 unspecified atom stereocenters. The minimum atomic E-state index is -5.33. The molecule has 15 nitrogen and oxygen atoms in total. The van der Waals surface area contributed by atoms with E-state index in [2.05, 4.69) is 38.2 Å². The van der Waals surface area contributed by atoms with Crippen molar-refractivity contribution in [3.8, 4) is 17.2 Å². The van der Waals surface area contributed by atoms with Crippen LogP contribution in [0.5, 0.6) is 17.2 Å². The number of nitrogens with zero attached hydrogens (tertiary/aromatic N) is 1. The molecule has 3 atom stereocenters. The number of benzene rings is 5. The number of phosphoric acid groups is 3. The van der Waals surface area contributed by atoms with Crippen molar-refractivity contribution in [2.24, 2.45) is 0 Å². The van der Waals surface area contributed by atoms with Gasteiger partial charge in [-0.1, -0.05) is 132 Å². The average molecular weight is 1040 g/mol. The molecule has 0 spiro atoms. The van der Waals surface area contributed by atoms with Crippen molar-refractivity contribution >= 4 is 46.4 Å². The number of para-hydroxylation sites is 1. The van der Waals surface area contributed by atoms with Crippen LogP contribution in [0.25, 0.3) is 0 Å². The first-order valence-electron chi connectivity index (χ1n) is 21.4. The van der Waals surface area contributed by atoms with E-state index in [1.165, 1.54) is 40.3 Å². The van der Waals surface area contributed by atoms with E-state index in [1.54, 1.807) is 97.1 Å². The number of fused-ring (bicyclic) bond motifs is 2. The topological polar surface area (TPSA) is 208 Å². The Bertz CT molecular complexity index is 2750. The van der Waals surface area contributed by atoms with Crippen LogP contribution in [0.2, 0.25) is 0 Å². The van der Waals surface area contributed by atoms with Gasteiger partial charge in [0.25, 0.3) is 5.91 Å². The molecule has 0 aliphatic carbocycles. The normalized spacial score (nSPS) is 14.7. The van der Waals surface area contributed by atoms with E-state index in [4.69, 9.17) is 27.1 Å². The van der Waals surface area contributed by atoms with Crippen LogP contribution in [0.3, 0.4) is 0 Å². The number of allylic oxidation sites excluding steroid dienone is 5. The second-order valence-corrected chi connectivity index (χ2v) is 19.9. The van der Waals surface area contributed by atoms with Gasteiger partial charge in [0.1, 0.15) is 11.4 Å². The van der Waals surface area contributed by atoms with Crippen molar-refractivity contribution < 1.29 is 149 Å². The third-order valence-corrected chi connectivity index (χ3v) is 12.8. The zero-order valence-electron chi connectivity index (χ0n) is 40.5. The molecule has 1 N–H and O–H groups in total. The molecule has 6 rings (SSSR count). The molecule has 1 aliphatic heterocycles. The van der Waals surface area contributed by atoms with E-state index in [-0.39, 0.29) is 137 Å². The van der Waals surface area contributed by atoms with Crippen LogP contribution in [0.15, 0.2) is 156 Å². The summed E-state index contributed by atoms with van der Waals surface area (Å²) in [6.07, 6.45) is 9.37. The number of carbonyl (C=O) groups excluding carboxylic acids is 1. The van der Waals surface area contributed by atoms with Gasteiger partial charge >= 0.3 is 112 Å². The predicted molar refractivity (Wildman–Crippen MR) is 252 cm³/mol. The van der Waals surface area contributed by atoms with Crippen LogP contribution in [-0.2, 0) is 47.1 Å². The van der Waals surface area contributed by atoms with Gasteiger partial charge in [0.2, 0.25) is 0 Å². The number of hydrogen-bond donors (Lipinski definition) is 1. The van der Waals surface area contributed by atoms with Gasteiger partial charge in [-0.25, -0.2) is 0 Å². The summed E-state index contributed by atoms with van der Waals surface area (Å²) in [5, 5.41) is 2.98. The Kier molecular flexibility index (Phi) is 25.9. The summed E-state index contributed by atoms with van der Waals surface area (Å²) < 4.78 is 72.5. The van der Waals surface area contributed by atoms with E-state index >= 15 is 0 Å².